The molecule has 1 amide bonds. The highest BCUT2D eigenvalue weighted by Crippen LogP contribution is 2.26. The number of benzene rings is 1. The Morgan fingerprint density at radius 1 is 1.42 bits per heavy atom. The summed E-state index contributed by atoms with van der Waals surface area (Å²) in [6.45, 7) is 2.16. The average molecular weight is 326 g/mol. The number of amides is 1. The van der Waals surface area contributed by atoms with Gasteiger partial charge in [0.25, 0.3) is 15.0 Å². The van der Waals surface area contributed by atoms with E-state index in [0.717, 1.165) is 0 Å². The lowest BCUT2D eigenvalue weighted by atomic mass is 10.1. The number of methoxy groups -OCH3 is 1. The number of hydrogen-bond acceptors (Lipinski definition) is 4. The molecule has 0 saturated carbocycles. The molecule has 0 radical (unpaired) electrons. The highest BCUT2D eigenvalue weighted by Gasteiger charge is 2.20. The first-order chi connectivity index (χ1) is 8.77. The van der Waals surface area contributed by atoms with Gasteiger partial charge in [-0.2, -0.15) is 0 Å². The molecule has 0 aromatic heterocycles. The van der Waals surface area contributed by atoms with E-state index in [9.17, 15) is 13.2 Å². The molecule has 8 heteroatoms. The topological polar surface area (TPSA) is 72.5 Å². The highest BCUT2D eigenvalue weighted by molar-refractivity contribution is 8.13. The van der Waals surface area contributed by atoms with Crippen molar-refractivity contribution in [1.82, 2.24) is 5.32 Å². The standard InChI is InChI=1S/C11H13Cl2NO4S/c1-7-9(11(15)14-3-4-18-2)5-8(12)6-10(7)19(13,16)17/h5-6H,3-4H2,1-2H3,(H,14,15). The Bertz CT molecular complexity index is 587. The summed E-state index contributed by atoms with van der Waals surface area (Å²) in [4.78, 5) is 11.7. The van der Waals surface area contributed by atoms with Crippen molar-refractivity contribution < 1.29 is 17.9 Å². The van der Waals surface area contributed by atoms with Gasteiger partial charge >= 0.3 is 0 Å². The van der Waals surface area contributed by atoms with Crippen LogP contribution < -0.4 is 5.32 Å². The predicted octanol–water partition coefficient (Wildman–Crippen LogP) is 1.95. The average Bonchev–Trinajstić information content (AvgIpc) is 2.30. The first kappa shape index (κ1) is 16.2. The van der Waals surface area contributed by atoms with Crippen molar-refractivity contribution in [3.05, 3.63) is 28.3 Å². The summed E-state index contributed by atoms with van der Waals surface area (Å²) in [6.07, 6.45) is 0. The molecule has 5 nitrogen and oxygen atoms in total. The van der Waals surface area contributed by atoms with Crippen LogP contribution in [0.25, 0.3) is 0 Å². The van der Waals surface area contributed by atoms with Crippen molar-refractivity contribution in [3.8, 4) is 0 Å². The zero-order chi connectivity index (χ0) is 14.6. The minimum absolute atomic E-state index is 0.127. The maximum Gasteiger partial charge on any atom is 0.261 e. The van der Waals surface area contributed by atoms with Crippen molar-refractivity contribution in [2.45, 2.75) is 11.8 Å². The van der Waals surface area contributed by atoms with Crippen LogP contribution in [0.15, 0.2) is 17.0 Å². The minimum Gasteiger partial charge on any atom is -0.383 e. The van der Waals surface area contributed by atoms with Crippen molar-refractivity contribution in [1.29, 1.82) is 0 Å². The number of hydrogen-bond donors (Lipinski definition) is 1. The van der Waals surface area contributed by atoms with Crippen LogP contribution in [-0.4, -0.2) is 34.6 Å². The second kappa shape index (κ2) is 6.56. The van der Waals surface area contributed by atoms with E-state index in [4.69, 9.17) is 27.0 Å². The van der Waals surface area contributed by atoms with Gasteiger partial charge in [0.05, 0.1) is 11.5 Å². The van der Waals surface area contributed by atoms with Gasteiger partial charge in [-0.1, -0.05) is 11.6 Å². The van der Waals surface area contributed by atoms with Crippen molar-refractivity contribution >= 4 is 37.2 Å². The van der Waals surface area contributed by atoms with Gasteiger partial charge < -0.3 is 10.1 Å². The van der Waals surface area contributed by atoms with Gasteiger partial charge in [-0.3, -0.25) is 4.79 Å². The lowest BCUT2D eigenvalue weighted by Crippen LogP contribution is -2.27. The van der Waals surface area contributed by atoms with E-state index >= 15 is 0 Å². The third-order valence-corrected chi connectivity index (χ3v) is 4.09. The van der Waals surface area contributed by atoms with Gasteiger partial charge in [0.1, 0.15) is 0 Å². The van der Waals surface area contributed by atoms with Crippen LogP contribution in [0.3, 0.4) is 0 Å². The predicted molar refractivity (Wildman–Crippen MR) is 73.4 cm³/mol. The summed E-state index contributed by atoms with van der Waals surface area (Å²) < 4.78 is 27.6. The zero-order valence-electron chi connectivity index (χ0n) is 10.4. The van der Waals surface area contributed by atoms with Gasteiger partial charge in [0.15, 0.2) is 0 Å². The third-order valence-electron chi connectivity index (χ3n) is 2.42. The Labute approximate surface area is 121 Å². The van der Waals surface area contributed by atoms with Gasteiger partial charge in [0, 0.05) is 34.9 Å². The largest absolute Gasteiger partial charge is 0.383 e. The Kier molecular flexibility index (Phi) is 5.61. The van der Waals surface area contributed by atoms with E-state index in [2.05, 4.69) is 5.32 Å². The summed E-state index contributed by atoms with van der Waals surface area (Å²) in [5.41, 5.74) is 0.428. The summed E-state index contributed by atoms with van der Waals surface area (Å²) in [7, 11) is 2.86. The molecule has 0 heterocycles. The number of ether oxygens (including phenoxy) is 1. The Morgan fingerprint density at radius 2 is 2.05 bits per heavy atom. The molecule has 1 aromatic carbocycles. The van der Waals surface area contributed by atoms with Crippen LogP contribution in [0.5, 0.6) is 0 Å². The summed E-state index contributed by atoms with van der Waals surface area (Å²) in [5.74, 6) is -0.432. The van der Waals surface area contributed by atoms with Crippen LogP contribution in [0, 0.1) is 6.92 Å². The van der Waals surface area contributed by atoms with Crippen LogP contribution in [0.2, 0.25) is 5.02 Å². The van der Waals surface area contributed by atoms with Gasteiger partial charge in [0.2, 0.25) is 0 Å². The lowest BCUT2D eigenvalue weighted by molar-refractivity contribution is 0.0936. The summed E-state index contributed by atoms with van der Waals surface area (Å²) in [5, 5.41) is 2.71. The number of nitrogens with one attached hydrogen (secondary N) is 1. The molecule has 0 aliphatic rings. The van der Waals surface area contributed by atoms with Crippen molar-refractivity contribution in [2.75, 3.05) is 20.3 Å². The quantitative estimate of drug-likeness (QED) is 0.663. The van der Waals surface area contributed by atoms with Crippen LogP contribution in [-0.2, 0) is 13.8 Å². The zero-order valence-corrected chi connectivity index (χ0v) is 12.7. The molecule has 0 saturated heterocycles. The van der Waals surface area contributed by atoms with E-state index in [1.165, 1.54) is 26.2 Å². The smallest absolute Gasteiger partial charge is 0.261 e. The molecular formula is C11H13Cl2NO4S. The van der Waals surface area contributed by atoms with E-state index in [0.29, 0.717) is 13.2 Å². The van der Waals surface area contributed by atoms with Crippen LogP contribution in [0.1, 0.15) is 15.9 Å². The molecule has 106 valence electrons. The molecule has 0 fully saturated rings. The lowest BCUT2D eigenvalue weighted by Gasteiger charge is -2.10. The van der Waals surface area contributed by atoms with Crippen molar-refractivity contribution in [3.63, 3.8) is 0 Å². The number of rotatable bonds is 5. The van der Waals surface area contributed by atoms with E-state index in [-0.39, 0.29) is 21.0 Å². The molecule has 0 atom stereocenters. The number of carbonyl (C=O) groups excluding carboxylic acids is 1. The molecule has 19 heavy (non-hydrogen) atoms. The summed E-state index contributed by atoms with van der Waals surface area (Å²) in [6, 6.07) is 2.61. The monoisotopic (exact) mass is 325 g/mol. The third kappa shape index (κ3) is 4.35. The SMILES string of the molecule is COCCNC(=O)c1cc(Cl)cc(S(=O)(=O)Cl)c1C. The molecular weight excluding hydrogens is 313 g/mol. The van der Waals surface area contributed by atoms with E-state index in [1.54, 1.807) is 0 Å². The Balaban J connectivity index is 3.15. The maximum atomic E-state index is 11.9. The second-order valence-corrected chi connectivity index (χ2v) is 6.73. The molecule has 0 aliphatic heterocycles. The number of halogens is 2. The molecule has 1 N–H and O–H groups in total. The summed E-state index contributed by atoms with van der Waals surface area (Å²) >= 11 is 5.81. The Hall–Kier alpha value is -0.820. The molecule has 0 aliphatic carbocycles. The molecule has 1 rings (SSSR count). The Morgan fingerprint density at radius 3 is 2.58 bits per heavy atom. The van der Waals surface area contributed by atoms with Crippen LogP contribution in [0.4, 0.5) is 0 Å². The minimum atomic E-state index is -3.95. The van der Waals surface area contributed by atoms with Gasteiger partial charge in [-0.15, -0.1) is 0 Å². The fraction of sp³-hybridized carbons (Fsp3) is 0.364. The molecule has 0 unspecified atom stereocenters. The van der Waals surface area contributed by atoms with Gasteiger partial charge in [-0.05, 0) is 24.6 Å². The number of carbonyl (C=O) groups is 1. The van der Waals surface area contributed by atoms with E-state index < -0.39 is 15.0 Å². The first-order valence-corrected chi connectivity index (χ1v) is 7.98. The van der Waals surface area contributed by atoms with Gasteiger partial charge in [-0.25, -0.2) is 8.42 Å². The highest BCUT2D eigenvalue weighted by atomic mass is 35.7. The normalized spacial score (nSPS) is 11.4. The second-order valence-electron chi connectivity index (χ2n) is 3.76. The fourth-order valence-corrected chi connectivity index (χ4v) is 3.01. The molecule has 0 spiro atoms. The first-order valence-electron chi connectivity index (χ1n) is 5.29. The van der Waals surface area contributed by atoms with E-state index in [1.807, 2.05) is 0 Å². The van der Waals surface area contributed by atoms with Crippen LogP contribution >= 0.6 is 22.3 Å². The maximum absolute atomic E-state index is 11.9. The van der Waals surface area contributed by atoms with Crippen molar-refractivity contribution in [2.24, 2.45) is 0 Å². The fourth-order valence-electron chi connectivity index (χ4n) is 1.50. The molecule has 0 bridgehead atoms. The molecule has 1 aromatic rings.